The normalized spacial score (nSPS) is 10.6. The van der Waals surface area contributed by atoms with Crippen LogP contribution in [0.3, 0.4) is 0 Å². The number of nitrogen functional groups attached to an aromatic ring is 1. The molecule has 4 rings (SSSR count). The molecule has 0 bridgehead atoms. The average Bonchev–Trinajstić information content (AvgIpc) is 2.70. The Kier molecular flexibility index (Phi) is 4.07. The van der Waals surface area contributed by atoms with E-state index in [9.17, 15) is 4.79 Å². The Labute approximate surface area is 151 Å². The van der Waals surface area contributed by atoms with Crippen LogP contribution < -0.4 is 11.3 Å². The van der Waals surface area contributed by atoms with Gasteiger partial charge < -0.3 is 5.73 Å². The lowest BCUT2D eigenvalue weighted by atomic mass is 10.0. The SMILES string of the molecule is Nc1ccccc1-c1cc(-c2ccccn2)cn(-c2ccccc2)c1=O. The molecule has 0 aliphatic heterocycles. The first-order valence-corrected chi connectivity index (χ1v) is 8.32. The lowest BCUT2D eigenvalue weighted by molar-refractivity contribution is 0.994. The molecule has 0 unspecified atom stereocenters. The Morgan fingerprint density at radius 2 is 1.54 bits per heavy atom. The number of aromatic nitrogens is 2. The maximum Gasteiger partial charge on any atom is 0.263 e. The number of hydrogen-bond acceptors (Lipinski definition) is 3. The zero-order chi connectivity index (χ0) is 17.9. The van der Waals surface area contributed by atoms with Gasteiger partial charge in [0.05, 0.1) is 11.3 Å². The molecule has 0 aliphatic carbocycles. The third-order valence-corrected chi connectivity index (χ3v) is 4.26. The van der Waals surface area contributed by atoms with Gasteiger partial charge in [-0.2, -0.15) is 0 Å². The highest BCUT2D eigenvalue weighted by atomic mass is 16.1. The van der Waals surface area contributed by atoms with Crippen molar-refractivity contribution in [2.75, 3.05) is 5.73 Å². The quantitative estimate of drug-likeness (QED) is 0.570. The molecule has 4 heteroatoms. The molecule has 0 radical (unpaired) electrons. The van der Waals surface area contributed by atoms with E-state index < -0.39 is 0 Å². The molecular formula is C22H17N3O. The fourth-order valence-electron chi connectivity index (χ4n) is 2.97. The van der Waals surface area contributed by atoms with E-state index in [2.05, 4.69) is 4.98 Å². The third-order valence-electron chi connectivity index (χ3n) is 4.26. The van der Waals surface area contributed by atoms with Crippen LogP contribution in [0.5, 0.6) is 0 Å². The van der Waals surface area contributed by atoms with Gasteiger partial charge in [-0.05, 0) is 36.4 Å². The summed E-state index contributed by atoms with van der Waals surface area (Å²) in [6.07, 6.45) is 3.56. The third kappa shape index (κ3) is 2.89. The topological polar surface area (TPSA) is 60.9 Å². The molecule has 0 amide bonds. The number of rotatable bonds is 3. The Bertz CT molecular complexity index is 1100. The van der Waals surface area contributed by atoms with Gasteiger partial charge in [-0.1, -0.05) is 42.5 Å². The summed E-state index contributed by atoms with van der Waals surface area (Å²) in [6.45, 7) is 0. The molecular weight excluding hydrogens is 322 g/mol. The molecule has 2 aromatic heterocycles. The van der Waals surface area contributed by atoms with Crippen LogP contribution in [0.2, 0.25) is 0 Å². The average molecular weight is 339 g/mol. The molecule has 26 heavy (non-hydrogen) atoms. The number of para-hydroxylation sites is 2. The van der Waals surface area contributed by atoms with Crippen molar-refractivity contribution < 1.29 is 0 Å². The van der Waals surface area contributed by atoms with Gasteiger partial charge in [0, 0.05) is 34.9 Å². The Balaban J connectivity index is 2.03. The van der Waals surface area contributed by atoms with E-state index >= 15 is 0 Å². The summed E-state index contributed by atoms with van der Waals surface area (Å²) in [4.78, 5) is 17.6. The fourth-order valence-corrected chi connectivity index (χ4v) is 2.97. The Hall–Kier alpha value is -3.66. The number of hydrogen-bond donors (Lipinski definition) is 1. The van der Waals surface area contributed by atoms with Crippen LogP contribution in [0.15, 0.2) is 96.1 Å². The van der Waals surface area contributed by atoms with Gasteiger partial charge in [0.25, 0.3) is 5.56 Å². The number of anilines is 1. The molecule has 0 fully saturated rings. The van der Waals surface area contributed by atoms with Crippen molar-refractivity contribution in [2.24, 2.45) is 0 Å². The van der Waals surface area contributed by atoms with E-state index in [0.29, 0.717) is 11.3 Å². The number of pyridine rings is 2. The smallest absolute Gasteiger partial charge is 0.263 e. The first-order valence-electron chi connectivity index (χ1n) is 8.32. The highest BCUT2D eigenvalue weighted by molar-refractivity contribution is 5.78. The van der Waals surface area contributed by atoms with Crippen molar-refractivity contribution >= 4 is 5.69 Å². The molecule has 4 aromatic rings. The monoisotopic (exact) mass is 339 g/mol. The summed E-state index contributed by atoms with van der Waals surface area (Å²) >= 11 is 0. The first kappa shape index (κ1) is 15.8. The molecule has 2 N–H and O–H groups in total. The van der Waals surface area contributed by atoms with Crippen LogP contribution in [-0.4, -0.2) is 9.55 Å². The molecule has 4 nitrogen and oxygen atoms in total. The van der Waals surface area contributed by atoms with Crippen LogP contribution in [0.25, 0.3) is 28.1 Å². The molecule has 126 valence electrons. The molecule has 2 heterocycles. The number of nitrogens with zero attached hydrogens (tertiary/aromatic N) is 2. The van der Waals surface area contributed by atoms with Crippen LogP contribution >= 0.6 is 0 Å². The summed E-state index contributed by atoms with van der Waals surface area (Å²) in [7, 11) is 0. The van der Waals surface area contributed by atoms with Gasteiger partial charge in [0.2, 0.25) is 0 Å². The predicted octanol–water partition coefficient (Wildman–Crippen LogP) is 4.15. The second-order valence-electron chi connectivity index (χ2n) is 5.96. The zero-order valence-electron chi connectivity index (χ0n) is 14.0. The maximum atomic E-state index is 13.2. The van der Waals surface area contributed by atoms with Crippen molar-refractivity contribution in [1.29, 1.82) is 0 Å². The fraction of sp³-hybridized carbons (Fsp3) is 0. The van der Waals surface area contributed by atoms with Crippen molar-refractivity contribution in [3.8, 4) is 28.1 Å². The van der Waals surface area contributed by atoms with E-state index in [1.165, 1.54) is 0 Å². The highest BCUT2D eigenvalue weighted by Crippen LogP contribution is 2.27. The molecule has 2 aromatic carbocycles. The van der Waals surface area contributed by atoms with Gasteiger partial charge in [0.15, 0.2) is 0 Å². The molecule has 0 atom stereocenters. The summed E-state index contributed by atoms with van der Waals surface area (Å²) in [5, 5.41) is 0. The molecule has 0 spiro atoms. The van der Waals surface area contributed by atoms with Gasteiger partial charge in [-0.15, -0.1) is 0 Å². The first-order chi connectivity index (χ1) is 12.7. The lowest BCUT2D eigenvalue weighted by Crippen LogP contribution is -2.20. The van der Waals surface area contributed by atoms with Crippen molar-refractivity contribution in [2.45, 2.75) is 0 Å². The van der Waals surface area contributed by atoms with Crippen LogP contribution in [0, 0.1) is 0 Å². The van der Waals surface area contributed by atoms with E-state index in [0.717, 1.165) is 22.5 Å². The van der Waals surface area contributed by atoms with E-state index in [1.807, 2.05) is 79.0 Å². The van der Waals surface area contributed by atoms with E-state index in [1.54, 1.807) is 16.8 Å². The second-order valence-corrected chi connectivity index (χ2v) is 5.96. The molecule has 0 aliphatic rings. The van der Waals surface area contributed by atoms with E-state index in [4.69, 9.17) is 5.73 Å². The van der Waals surface area contributed by atoms with Crippen LogP contribution in [0.1, 0.15) is 0 Å². The van der Waals surface area contributed by atoms with Crippen molar-refractivity contribution in [3.63, 3.8) is 0 Å². The highest BCUT2D eigenvalue weighted by Gasteiger charge is 2.13. The summed E-state index contributed by atoms with van der Waals surface area (Å²) in [5.41, 5.74) is 10.3. The predicted molar refractivity (Wildman–Crippen MR) is 105 cm³/mol. The second kappa shape index (κ2) is 6.69. The maximum absolute atomic E-state index is 13.2. The largest absolute Gasteiger partial charge is 0.398 e. The van der Waals surface area contributed by atoms with Crippen LogP contribution in [0.4, 0.5) is 5.69 Å². The minimum absolute atomic E-state index is 0.117. The standard InChI is InChI=1S/C22H17N3O/c23-20-11-5-4-10-18(20)19-14-16(21-12-6-7-13-24-21)15-25(22(19)26)17-8-2-1-3-9-17/h1-15H,23H2. The summed E-state index contributed by atoms with van der Waals surface area (Å²) in [6, 6.07) is 24.5. The lowest BCUT2D eigenvalue weighted by Gasteiger charge is -2.13. The minimum atomic E-state index is -0.117. The molecule has 0 saturated carbocycles. The zero-order valence-corrected chi connectivity index (χ0v) is 14.0. The van der Waals surface area contributed by atoms with Gasteiger partial charge in [-0.3, -0.25) is 14.3 Å². The Morgan fingerprint density at radius 1 is 0.808 bits per heavy atom. The molecule has 0 saturated heterocycles. The van der Waals surface area contributed by atoms with Gasteiger partial charge in [-0.25, -0.2) is 0 Å². The van der Waals surface area contributed by atoms with Gasteiger partial charge >= 0.3 is 0 Å². The number of benzene rings is 2. The summed E-state index contributed by atoms with van der Waals surface area (Å²) < 4.78 is 1.64. The van der Waals surface area contributed by atoms with Crippen molar-refractivity contribution in [1.82, 2.24) is 9.55 Å². The van der Waals surface area contributed by atoms with E-state index in [-0.39, 0.29) is 5.56 Å². The van der Waals surface area contributed by atoms with Gasteiger partial charge in [0.1, 0.15) is 0 Å². The van der Waals surface area contributed by atoms with Crippen LogP contribution in [-0.2, 0) is 0 Å². The summed E-state index contributed by atoms with van der Waals surface area (Å²) in [5.74, 6) is 0. The number of nitrogens with two attached hydrogens (primary N) is 1. The Morgan fingerprint density at radius 3 is 2.27 bits per heavy atom. The van der Waals surface area contributed by atoms with Crippen molar-refractivity contribution in [3.05, 3.63) is 102 Å². The minimum Gasteiger partial charge on any atom is -0.398 e.